The number of hydrogen-bond donors (Lipinski definition) is 1. The predicted octanol–water partition coefficient (Wildman–Crippen LogP) is 2.63. The molecule has 1 N–H and O–H groups in total. The minimum Gasteiger partial charge on any atom is -0.353 e. The Kier molecular flexibility index (Phi) is 6.13. The molecule has 0 aromatic heterocycles. The van der Waals surface area contributed by atoms with Crippen molar-refractivity contribution in [1.82, 2.24) is 10.2 Å². The lowest BCUT2D eigenvalue weighted by Crippen LogP contribution is -2.44. The minimum atomic E-state index is 0.179. The zero-order valence-electron chi connectivity index (χ0n) is 13.5. The van der Waals surface area contributed by atoms with Gasteiger partial charge in [0, 0.05) is 37.7 Å². The van der Waals surface area contributed by atoms with Crippen molar-refractivity contribution in [3.8, 4) is 0 Å². The van der Waals surface area contributed by atoms with Crippen LogP contribution in [0.15, 0.2) is 24.3 Å². The quantitative estimate of drug-likeness (QED) is 0.822. The van der Waals surface area contributed by atoms with Crippen LogP contribution < -0.4 is 5.32 Å². The van der Waals surface area contributed by atoms with E-state index in [1.165, 1.54) is 5.56 Å². The number of aldehydes is 1. The van der Waals surface area contributed by atoms with Crippen LogP contribution in [0.2, 0.25) is 0 Å². The van der Waals surface area contributed by atoms with Crippen LogP contribution in [0.3, 0.4) is 0 Å². The van der Waals surface area contributed by atoms with Gasteiger partial charge < -0.3 is 5.32 Å². The van der Waals surface area contributed by atoms with Crippen molar-refractivity contribution < 1.29 is 9.59 Å². The van der Waals surface area contributed by atoms with Gasteiger partial charge in [0.1, 0.15) is 6.29 Å². The lowest BCUT2D eigenvalue weighted by molar-refractivity contribution is -0.122. The highest BCUT2D eigenvalue weighted by Gasteiger charge is 2.20. The first-order valence-electron chi connectivity index (χ1n) is 8.12. The fourth-order valence-electron chi connectivity index (χ4n) is 2.85. The number of carbonyl (C=O) groups is 2. The molecule has 4 nitrogen and oxygen atoms in total. The summed E-state index contributed by atoms with van der Waals surface area (Å²) in [6, 6.07) is 8.07. The summed E-state index contributed by atoms with van der Waals surface area (Å²) >= 11 is 0. The third-order valence-electron chi connectivity index (χ3n) is 4.07. The molecule has 0 saturated carbocycles. The topological polar surface area (TPSA) is 49.4 Å². The van der Waals surface area contributed by atoms with Crippen LogP contribution in [0.4, 0.5) is 0 Å². The molecule has 1 amide bonds. The van der Waals surface area contributed by atoms with Gasteiger partial charge in [-0.3, -0.25) is 14.5 Å². The maximum absolute atomic E-state index is 11.8. The molecular formula is C18H26N2O2. The van der Waals surface area contributed by atoms with Gasteiger partial charge in [0.15, 0.2) is 0 Å². The Morgan fingerprint density at radius 3 is 2.45 bits per heavy atom. The third-order valence-corrected chi connectivity index (χ3v) is 4.07. The number of amides is 1. The van der Waals surface area contributed by atoms with E-state index in [0.717, 1.165) is 44.3 Å². The van der Waals surface area contributed by atoms with Gasteiger partial charge in [0.2, 0.25) is 5.91 Å². The van der Waals surface area contributed by atoms with E-state index in [-0.39, 0.29) is 5.91 Å². The monoisotopic (exact) mass is 302 g/mol. The highest BCUT2D eigenvalue weighted by Crippen LogP contribution is 2.15. The first-order chi connectivity index (χ1) is 10.6. The van der Waals surface area contributed by atoms with E-state index in [1.807, 2.05) is 24.3 Å². The predicted molar refractivity (Wildman–Crippen MR) is 87.7 cm³/mol. The van der Waals surface area contributed by atoms with E-state index < -0.39 is 0 Å². The van der Waals surface area contributed by atoms with Crippen molar-refractivity contribution in [2.24, 2.45) is 5.92 Å². The molecule has 1 aliphatic heterocycles. The Hall–Kier alpha value is -1.68. The Morgan fingerprint density at radius 2 is 1.91 bits per heavy atom. The van der Waals surface area contributed by atoms with Crippen molar-refractivity contribution in [1.29, 1.82) is 0 Å². The van der Waals surface area contributed by atoms with E-state index in [9.17, 15) is 9.59 Å². The minimum absolute atomic E-state index is 0.179. The Balaban J connectivity index is 1.74. The van der Waals surface area contributed by atoms with Gasteiger partial charge in [0.05, 0.1) is 0 Å². The van der Waals surface area contributed by atoms with Gasteiger partial charge >= 0.3 is 0 Å². The second-order valence-corrected chi connectivity index (χ2v) is 6.58. The fraction of sp³-hybridized carbons (Fsp3) is 0.556. The van der Waals surface area contributed by atoms with Gasteiger partial charge in [-0.2, -0.15) is 0 Å². The number of carbonyl (C=O) groups excluding carboxylic acids is 2. The highest BCUT2D eigenvalue weighted by molar-refractivity contribution is 5.76. The largest absolute Gasteiger partial charge is 0.353 e. The molecule has 4 heteroatoms. The summed E-state index contributed by atoms with van der Waals surface area (Å²) in [5.41, 5.74) is 1.95. The standard InChI is InChI=1S/C18H26N2O2/c1-14(2)11-18(22)19-17-7-9-20(10-8-17)12-15-3-5-16(13-21)6-4-15/h3-6,13-14,17H,7-12H2,1-2H3,(H,19,22). The SMILES string of the molecule is CC(C)CC(=O)NC1CCN(Cc2ccc(C=O)cc2)CC1. The van der Waals surface area contributed by atoms with E-state index in [1.54, 1.807) is 0 Å². The first kappa shape index (κ1) is 16.7. The summed E-state index contributed by atoms with van der Waals surface area (Å²) in [6.45, 7) is 7.05. The molecule has 1 saturated heterocycles. The summed E-state index contributed by atoms with van der Waals surface area (Å²) in [5.74, 6) is 0.590. The summed E-state index contributed by atoms with van der Waals surface area (Å²) < 4.78 is 0. The maximum atomic E-state index is 11.8. The molecule has 2 rings (SSSR count). The molecule has 120 valence electrons. The van der Waals surface area contributed by atoms with E-state index in [2.05, 4.69) is 24.1 Å². The van der Waals surface area contributed by atoms with Crippen LogP contribution in [0.25, 0.3) is 0 Å². The number of piperidine rings is 1. The molecule has 0 atom stereocenters. The Labute approximate surface area is 132 Å². The van der Waals surface area contributed by atoms with Crippen LogP contribution in [0.5, 0.6) is 0 Å². The first-order valence-corrected chi connectivity index (χ1v) is 8.12. The number of nitrogens with one attached hydrogen (secondary N) is 1. The van der Waals surface area contributed by atoms with Gasteiger partial charge in [-0.15, -0.1) is 0 Å². The normalized spacial score (nSPS) is 16.7. The lowest BCUT2D eigenvalue weighted by atomic mass is 10.0. The summed E-state index contributed by atoms with van der Waals surface area (Å²) in [4.78, 5) is 24.9. The van der Waals surface area contributed by atoms with Crippen LogP contribution in [0.1, 0.15) is 49.0 Å². The van der Waals surface area contributed by atoms with Gasteiger partial charge in [0.25, 0.3) is 0 Å². The average Bonchev–Trinajstić information content (AvgIpc) is 2.49. The van der Waals surface area contributed by atoms with E-state index >= 15 is 0 Å². The number of rotatable bonds is 6. The molecule has 0 spiro atoms. The lowest BCUT2D eigenvalue weighted by Gasteiger charge is -2.32. The summed E-state index contributed by atoms with van der Waals surface area (Å²) in [7, 11) is 0. The van der Waals surface area contributed by atoms with Gasteiger partial charge in [-0.25, -0.2) is 0 Å². The molecule has 0 bridgehead atoms. The fourth-order valence-corrected chi connectivity index (χ4v) is 2.85. The molecule has 1 aromatic rings. The average molecular weight is 302 g/mol. The zero-order chi connectivity index (χ0) is 15.9. The number of likely N-dealkylation sites (tertiary alicyclic amines) is 1. The van der Waals surface area contributed by atoms with Crippen molar-refractivity contribution >= 4 is 12.2 Å². The Morgan fingerprint density at radius 1 is 1.27 bits per heavy atom. The maximum Gasteiger partial charge on any atom is 0.220 e. The van der Waals surface area contributed by atoms with Crippen molar-refractivity contribution in [3.63, 3.8) is 0 Å². The van der Waals surface area contributed by atoms with Crippen LogP contribution in [-0.4, -0.2) is 36.2 Å². The molecular weight excluding hydrogens is 276 g/mol. The van der Waals surface area contributed by atoms with Gasteiger partial charge in [-0.05, 0) is 24.3 Å². The van der Waals surface area contributed by atoms with E-state index in [4.69, 9.17) is 0 Å². The van der Waals surface area contributed by atoms with Crippen LogP contribution >= 0.6 is 0 Å². The highest BCUT2D eigenvalue weighted by atomic mass is 16.1. The third kappa shape index (κ3) is 5.26. The molecule has 1 fully saturated rings. The molecule has 0 unspecified atom stereocenters. The molecule has 22 heavy (non-hydrogen) atoms. The summed E-state index contributed by atoms with van der Waals surface area (Å²) in [5, 5.41) is 3.15. The zero-order valence-corrected chi connectivity index (χ0v) is 13.5. The summed E-state index contributed by atoms with van der Waals surface area (Å²) in [6.07, 6.45) is 3.50. The van der Waals surface area contributed by atoms with Crippen LogP contribution in [-0.2, 0) is 11.3 Å². The molecule has 0 radical (unpaired) electrons. The molecule has 1 aromatic carbocycles. The van der Waals surface area contributed by atoms with Crippen molar-refractivity contribution in [2.75, 3.05) is 13.1 Å². The second kappa shape index (κ2) is 8.08. The smallest absolute Gasteiger partial charge is 0.220 e. The van der Waals surface area contributed by atoms with Crippen molar-refractivity contribution in [3.05, 3.63) is 35.4 Å². The van der Waals surface area contributed by atoms with Gasteiger partial charge in [-0.1, -0.05) is 38.1 Å². The number of hydrogen-bond acceptors (Lipinski definition) is 3. The molecule has 0 aliphatic carbocycles. The van der Waals surface area contributed by atoms with Crippen LogP contribution in [0, 0.1) is 5.92 Å². The Bertz CT molecular complexity index is 488. The number of benzene rings is 1. The van der Waals surface area contributed by atoms with E-state index in [0.29, 0.717) is 18.4 Å². The molecule has 1 heterocycles. The number of nitrogens with zero attached hydrogens (tertiary/aromatic N) is 1. The molecule has 1 aliphatic rings. The van der Waals surface area contributed by atoms with Crippen molar-refractivity contribution in [2.45, 2.75) is 45.7 Å². The second-order valence-electron chi connectivity index (χ2n) is 6.58.